The highest BCUT2D eigenvalue weighted by molar-refractivity contribution is 9.10. The summed E-state index contributed by atoms with van der Waals surface area (Å²) in [5.74, 6) is 0. The van der Waals surface area contributed by atoms with Crippen LogP contribution in [0.15, 0.2) is 28.7 Å². The molecule has 0 saturated heterocycles. The minimum absolute atomic E-state index is 0.121. The molecule has 0 saturated carbocycles. The molecule has 0 amide bonds. The van der Waals surface area contributed by atoms with Gasteiger partial charge >= 0.3 is 0 Å². The largest absolute Gasteiger partial charge is 0.383 e. The summed E-state index contributed by atoms with van der Waals surface area (Å²) >= 11 is 3.65. The topological polar surface area (TPSA) is 38.5 Å². The molecule has 1 aromatic carbocycles. The van der Waals surface area contributed by atoms with Gasteiger partial charge in [-0.2, -0.15) is 0 Å². The maximum atomic E-state index is 6.36. The average Bonchev–Trinajstić information content (AvgIpc) is 2.44. The maximum Gasteiger partial charge on any atom is 0.0589 e. The molecular formula is C15H25BrN2O. The molecule has 2 unspecified atom stereocenters. The first-order chi connectivity index (χ1) is 9.15. The van der Waals surface area contributed by atoms with Gasteiger partial charge in [-0.25, -0.2) is 0 Å². The second-order valence-corrected chi connectivity index (χ2v) is 5.51. The van der Waals surface area contributed by atoms with Gasteiger partial charge in [0, 0.05) is 24.2 Å². The zero-order valence-corrected chi connectivity index (χ0v) is 13.7. The van der Waals surface area contributed by atoms with E-state index in [9.17, 15) is 0 Å². The molecule has 0 aromatic heterocycles. The molecule has 0 aliphatic heterocycles. The van der Waals surface area contributed by atoms with Crippen LogP contribution in [0, 0.1) is 0 Å². The van der Waals surface area contributed by atoms with Gasteiger partial charge in [-0.1, -0.05) is 48.0 Å². The van der Waals surface area contributed by atoms with Crippen molar-refractivity contribution in [3.05, 3.63) is 34.3 Å². The molecule has 4 heteroatoms. The van der Waals surface area contributed by atoms with E-state index in [4.69, 9.17) is 10.5 Å². The Hall–Kier alpha value is -0.420. The molecule has 108 valence electrons. The fourth-order valence-electron chi connectivity index (χ4n) is 2.34. The van der Waals surface area contributed by atoms with Crippen molar-refractivity contribution in [1.29, 1.82) is 0 Å². The number of likely N-dealkylation sites (N-methyl/N-ethyl adjacent to an activating group) is 1. The first-order valence-corrected chi connectivity index (χ1v) is 7.67. The van der Waals surface area contributed by atoms with Crippen molar-refractivity contribution < 1.29 is 4.74 Å². The minimum Gasteiger partial charge on any atom is -0.383 e. The van der Waals surface area contributed by atoms with Crippen LogP contribution >= 0.6 is 15.9 Å². The van der Waals surface area contributed by atoms with Crippen LogP contribution in [0.5, 0.6) is 0 Å². The Labute approximate surface area is 125 Å². The van der Waals surface area contributed by atoms with E-state index in [1.165, 1.54) is 5.56 Å². The van der Waals surface area contributed by atoms with Crippen molar-refractivity contribution in [1.82, 2.24) is 4.90 Å². The standard InChI is InChI=1S/C15H25BrN2O/c1-4-14(17)15(18(5-2)10-11-19-3)12-8-6-7-9-13(12)16/h6-9,14-15H,4-5,10-11,17H2,1-3H3. The highest BCUT2D eigenvalue weighted by Gasteiger charge is 2.25. The molecule has 1 rings (SSSR count). The van der Waals surface area contributed by atoms with Crippen LogP contribution in [0.2, 0.25) is 0 Å². The number of ether oxygens (including phenoxy) is 1. The molecule has 19 heavy (non-hydrogen) atoms. The lowest BCUT2D eigenvalue weighted by atomic mass is 9.96. The molecule has 3 nitrogen and oxygen atoms in total. The van der Waals surface area contributed by atoms with E-state index in [1.807, 2.05) is 6.07 Å². The number of benzene rings is 1. The first kappa shape index (κ1) is 16.6. The third-order valence-electron chi connectivity index (χ3n) is 3.48. The molecule has 0 aliphatic rings. The number of methoxy groups -OCH3 is 1. The van der Waals surface area contributed by atoms with Crippen LogP contribution in [0.25, 0.3) is 0 Å². The second kappa shape index (κ2) is 8.69. The first-order valence-electron chi connectivity index (χ1n) is 6.88. The minimum atomic E-state index is 0.121. The number of nitrogens with two attached hydrogens (primary N) is 1. The van der Waals surface area contributed by atoms with Crippen LogP contribution in [0.3, 0.4) is 0 Å². The van der Waals surface area contributed by atoms with Crippen molar-refractivity contribution in [2.45, 2.75) is 32.4 Å². The van der Waals surface area contributed by atoms with Crippen LogP contribution in [-0.2, 0) is 4.74 Å². The Morgan fingerprint density at radius 3 is 2.53 bits per heavy atom. The highest BCUT2D eigenvalue weighted by Crippen LogP contribution is 2.30. The van der Waals surface area contributed by atoms with E-state index >= 15 is 0 Å². The molecule has 2 atom stereocenters. The smallest absolute Gasteiger partial charge is 0.0589 e. The van der Waals surface area contributed by atoms with Crippen molar-refractivity contribution in [2.75, 3.05) is 26.8 Å². The molecule has 1 aromatic rings. The van der Waals surface area contributed by atoms with Gasteiger partial charge in [-0.15, -0.1) is 0 Å². The third kappa shape index (κ3) is 4.56. The van der Waals surface area contributed by atoms with Gasteiger partial charge in [0.2, 0.25) is 0 Å². The number of nitrogens with zero attached hydrogens (tertiary/aromatic N) is 1. The molecule has 0 bridgehead atoms. The monoisotopic (exact) mass is 328 g/mol. The number of hydrogen-bond acceptors (Lipinski definition) is 3. The van der Waals surface area contributed by atoms with Gasteiger partial charge in [-0.3, -0.25) is 4.90 Å². The summed E-state index contributed by atoms with van der Waals surface area (Å²) in [5.41, 5.74) is 7.62. The summed E-state index contributed by atoms with van der Waals surface area (Å²) in [6, 6.07) is 8.68. The molecule has 0 radical (unpaired) electrons. The lowest BCUT2D eigenvalue weighted by molar-refractivity contribution is 0.112. The second-order valence-electron chi connectivity index (χ2n) is 4.66. The van der Waals surface area contributed by atoms with E-state index in [2.05, 4.69) is 52.9 Å². The SMILES string of the molecule is CCC(N)C(c1ccccc1Br)N(CC)CCOC. The quantitative estimate of drug-likeness (QED) is 0.796. The number of halogens is 1. The lowest BCUT2D eigenvalue weighted by Gasteiger charge is -2.35. The molecule has 0 fully saturated rings. The van der Waals surface area contributed by atoms with Crippen molar-refractivity contribution in [2.24, 2.45) is 5.73 Å². The summed E-state index contributed by atoms with van der Waals surface area (Å²) in [7, 11) is 1.74. The fourth-order valence-corrected chi connectivity index (χ4v) is 2.86. The van der Waals surface area contributed by atoms with Gasteiger partial charge in [0.05, 0.1) is 12.6 Å². The van der Waals surface area contributed by atoms with Gasteiger partial charge in [0.25, 0.3) is 0 Å². The fraction of sp³-hybridized carbons (Fsp3) is 0.600. The number of rotatable bonds is 8. The van der Waals surface area contributed by atoms with E-state index in [-0.39, 0.29) is 12.1 Å². The highest BCUT2D eigenvalue weighted by atomic mass is 79.9. The third-order valence-corrected chi connectivity index (χ3v) is 4.21. The Morgan fingerprint density at radius 1 is 1.32 bits per heavy atom. The number of hydrogen-bond donors (Lipinski definition) is 1. The maximum absolute atomic E-state index is 6.36. The summed E-state index contributed by atoms with van der Waals surface area (Å²) in [5, 5.41) is 0. The van der Waals surface area contributed by atoms with Gasteiger partial charge in [-0.05, 0) is 24.6 Å². The van der Waals surface area contributed by atoms with Gasteiger partial charge in [0.1, 0.15) is 0 Å². The predicted octanol–water partition coefficient (Wildman–Crippen LogP) is 3.20. The van der Waals surface area contributed by atoms with Crippen LogP contribution in [-0.4, -0.2) is 37.7 Å². The van der Waals surface area contributed by atoms with Gasteiger partial charge in [0.15, 0.2) is 0 Å². The van der Waals surface area contributed by atoms with Crippen LogP contribution in [0.1, 0.15) is 31.9 Å². The summed E-state index contributed by atoms with van der Waals surface area (Å²) in [6.45, 7) is 6.89. The van der Waals surface area contributed by atoms with Crippen molar-refractivity contribution in [3.8, 4) is 0 Å². The normalized spacial score (nSPS) is 14.6. The van der Waals surface area contributed by atoms with E-state index < -0.39 is 0 Å². The average molecular weight is 329 g/mol. The molecular weight excluding hydrogens is 304 g/mol. The Kier molecular flexibility index (Phi) is 7.61. The van der Waals surface area contributed by atoms with E-state index in [0.717, 1.165) is 30.6 Å². The molecule has 0 spiro atoms. The zero-order chi connectivity index (χ0) is 14.3. The summed E-state index contributed by atoms with van der Waals surface area (Å²) < 4.78 is 6.33. The Balaban J connectivity index is 3.03. The molecule has 0 heterocycles. The lowest BCUT2D eigenvalue weighted by Crippen LogP contribution is -2.42. The van der Waals surface area contributed by atoms with Crippen LogP contribution < -0.4 is 5.73 Å². The van der Waals surface area contributed by atoms with Crippen molar-refractivity contribution in [3.63, 3.8) is 0 Å². The summed E-state index contributed by atoms with van der Waals surface area (Å²) in [6.07, 6.45) is 0.954. The van der Waals surface area contributed by atoms with Gasteiger partial charge < -0.3 is 10.5 Å². The van der Waals surface area contributed by atoms with E-state index in [0.29, 0.717) is 0 Å². The zero-order valence-electron chi connectivity index (χ0n) is 12.1. The van der Waals surface area contributed by atoms with Crippen molar-refractivity contribution >= 4 is 15.9 Å². The Morgan fingerprint density at radius 2 is 2.00 bits per heavy atom. The molecule has 2 N–H and O–H groups in total. The van der Waals surface area contributed by atoms with Crippen LogP contribution in [0.4, 0.5) is 0 Å². The predicted molar refractivity (Wildman–Crippen MR) is 84.3 cm³/mol. The van der Waals surface area contributed by atoms with E-state index in [1.54, 1.807) is 7.11 Å². The molecule has 0 aliphatic carbocycles. The summed E-state index contributed by atoms with van der Waals surface area (Å²) in [4.78, 5) is 2.39. The Bertz CT molecular complexity index is 373.